The normalized spacial score (nSPS) is 12.9. The first-order valence-corrected chi connectivity index (χ1v) is 4.39. The van der Waals surface area contributed by atoms with Crippen LogP contribution in [0.25, 0.3) is 0 Å². The Morgan fingerprint density at radius 3 is 2.27 bits per heavy atom. The standard InChI is InChI=1S/C8H10O2S/c1-7-3-5-8(6-4-7)11(9)10-2/h3-6H,1-2H3/p+1. The number of rotatable bonds is 2. The fourth-order valence-corrected chi connectivity index (χ4v) is 1.31. The molecule has 0 aliphatic heterocycles. The maximum Gasteiger partial charge on any atom is 0.365 e. The molecular weight excluding hydrogens is 160 g/mol. The summed E-state index contributed by atoms with van der Waals surface area (Å²) in [5.74, 6) is 0. The molecular formula is C8H11O2S+. The molecule has 0 spiro atoms. The van der Waals surface area contributed by atoms with Crippen molar-refractivity contribution >= 4 is 11.1 Å². The smallest absolute Gasteiger partial charge is 0.249 e. The van der Waals surface area contributed by atoms with Crippen LogP contribution < -0.4 is 0 Å². The van der Waals surface area contributed by atoms with Crippen LogP contribution in [-0.4, -0.2) is 11.3 Å². The topological polar surface area (TPSA) is 30.6 Å². The zero-order valence-electron chi connectivity index (χ0n) is 6.57. The van der Waals surface area contributed by atoms with E-state index >= 15 is 0 Å². The number of hydrogen-bond acceptors (Lipinski definition) is 1. The molecule has 0 aliphatic rings. The van der Waals surface area contributed by atoms with Gasteiger partial charge in [-0.1, -0.05) is 17.7 Å². The molecule has 60 valence electrons. The summed E-state index contributed by atoms with van der Waals surface area (Å²) in [4.78, 5) is 0.818. The first-order chi connectivity index (χ1) is 5.24. The van der Waals surface area contributed by atoms with Gasteiger partial charge >= 0.3 is 11.1 Å². The second kappa shape index (κ2) is 3.64. The van der Waals surface area contributed by atoms with Crippen LogP contribution >= 0.6 is 0 Å². The van der Waals surface area contributed by atoms with Crippen molar-refractivity contribution in [3.05, 3.63) is 29.8 Å². The highest BCUT2D eigenvalue weighted by Gasteiger charge is 2.06. The highest BCUT2D eigenvalue weighted by Crippen LogP contribution is 2.07. The Morgan fingerprint density at radius 1 is 1.27 bits per heavy atom. The van der Waals surface area contributed by atoms with Crippen LogP contribution in [0, 0.1) is 6.92 Å². The number of aryl methyl sites for hydroxylation is 1. The lowest BCUT2D eigenvalue weighted by atomic mass is 10.2. The highest BCUT2D eigenvalue weighted by molar-refractivity contribution is 7.80. The van der Waals surface area contributed by atoms with Gasteiger partial charge in [-0.2, -0.15) is 0 Å². The van der Waals surface area contributed by atoms with Crippen molar-refractivity contribution in [1.29, 1.82) is 0 Å². The van der Waals surface area contributed by atoms with Gasteiger partial charge in [-0.15, -0.1) is 0 Å². The summed E-state index contributed by atoms with van der Waals surface area (Å²) in [7, 11) is 1.49. The Labute approximate surface area is 68.9 Å². The average Bonchev–Trinajstić information content (AvgIpc) is 2.05. The van der Waals surface area contributed by atoms with E-state index in [0.29, 0.717) is 0 Å². The summed E-state index contributed by atoms with van der Waals surface area (Å²) in [6.45, 7) is 2.01. The third kappa shape index (κ3) is 2.13. The minimum atomic E-state index is -1.05. The maximum absolute atomic E-state index is 9.23. The predicted octanol–water partition coefficient (Wildman–Crippen LogP) is 1.82. The molecule has 0 saturated heterocycles. The van der Waals surface area contributed by atoms with Crippen LogP contribution in [0.2, 0.25) is 0 Å². The Hall–Kier alpha value is -0.670. The lowest BCUT2D eigenvalue weighted by Gasteiger charge is -1.93. The van der Waals surface area contributed by atoms with Crippen molar-refractivity contribution in [1.82, 2.24) is 0 Å². The molecule has 0 saturated carbocycles. The molecule has 1 aromatic carbocycles. The van der Waals surface area contributed by atoms with Crippen LogP contribution in [0.3, 0.4) is 0 Å². The van der Waals surface area contributed by atoms with Gasteiger partial charge in [-0.05, 0) is 19.1 Å². The summed E-state index contributed by atoms with van der Waals surface area (Å²) < 4.78 is 14.0. The van der Waals surface area contributed by atoms with E-state index in [4.69, 9.17) is 4.18 Å². The first-order valence-electron chi connectivity index (χ1n) is 3.28. The third-order valence-electron chi connectivity index (χ3n) is 1.38. The molecule has 2 nitrogen and oxygen atoms in total. The van der Waals surface area contributed by atoms with Crippen LogP contribution in [0.5, 0.6) is 0 Å². The van der Waals surface area contributed by atoms with Gasteiger partial charge in [0.15, 0.2) is 0 Å². The molecule has 1 unspecified atom stereocenters. The summed E-state index contributed by atoms with van der Waals surface area (Å²) in [6.07, 6.45) is 0. The molecule has 1 N–H and O–H groups in total. The molecule has 0 fully saturated rings. The summed E-state index contributed by atoms with van der Waals surface area (Å²) in [5, 5.41) is 0. The molecule has 1 aromatic rings. The van der Waals surface area contributed by atoms with Gasteiger partial charge in [0.2, 0.25) is 0 Å². The largest absolute Gasteiger partial charge is 0.365 e. The molecule has 1 rings (SSSR count). The lowest BCUT2D eigenvalue weighted by molar-refractivity contribution is 0.451. The quantitative estimate of drug-likeness (QED) is 0.624. The zero-order valence-corrected chi connectivity index (χ0v) is 7.39. The molecule has 3 heteroatoms. The molecule has 0 aromatic heterocycles. The van der Waals surface area contributed by atoms with Crippen molar-refractivity contribution in [2.45, 2.75) is 11.8 Å². The molecule has 0 bridgehead atoms. The van der Waals surface area contributed by atoms with Crippen LogP contribution in [0.4, 0.5) is 0 Å². The second-order valence-electron chi connectivity index (χ2n) is 2.23. The molecule has 0 aliphatic carbocycles. The van der Waals surface area contributed by atoms with Gasteiger partial charge in [-0.3, -0.25) is 0 Å². The van der Waals surface area contributed by atoms with Crippen LogP contribution in [0.1, 0.15) is 5.56 Å². The van der Waals surface area contributed by atoms with Crippen molar-refractivity contribution in [3.63, 3.8) is 0 Å². The molecule has 0 radical (unpaired) electrons. The summed E-state index contributed by atoms with van der Waals surface area (Å²) in [5.41, 5.74) is 1.18. The molecule has 1 atom stereocenters. The predicted molar refractivity (Wildman–Crippen MR) is 45.8 cm³/mol. The highest BCUT2D eigenvalue weighted by atomic mass is 32.2. The lowest BCUT2D eigenvalue weighted by Crippen LogP contribution is -1.91. The van der Waals surface area contributed by atoms with E-state index in [9.17, 15) is 4.21 Å². The Balaban J connectivity index is 2.90. The van der Waals surface area contributed by atoms with E-state index < -0.39 is 11.1 Å². The van der Waals surface area contributed by atoms with Gasteiger partial charge < -0.3 is 0 Å². The third-order valence-corrected chi connectivity index (χ3v) is 2.37. The fraction of sp³-hybridized carbons (Fsp3) is 0.250. The Morgan fingerprint density at radius 2 is 1.82 bits per heavy atom. The molecule has 0 heterocycles. The van der Waals surface area contributed by atoms with Gasteiger partial charge in [0.1, 0.15) is 4.90 Å². The van der Waals surface area contributed by atoms with E-state index in [-0.39, 0.29) is 0 Å². The Kier molecular flexibility index (Phi) is 2.79. The zero-order chi connectivity index (χ0) is 8.27. The molecule has 0 amide bonds. The van der Waals surface area contributed by atoms with Gasteiger partial charge in [0.25, 0.3) is 0 Å². The fourth-order valence-electron chi connectivity index (χ4n) is 0.751. The van der Waals surface area contributed by atoms with E-state index in [1.54, 1.807) is 0 Å². The van der Waals surface area contributed by atoms with Crippen molar-refractivity contribution in [2.75, 3.05) is 7.11 Å². The maximum atomic E-state index is 9.23. The van der Waals surface area contributed by atoms with Gasteiger partial charge in [0.05, 0.1) is 7.11 Å². The van der Waals surface area contributed by atoms with Gasteiger partial charge in [-0.25, -0.2) is 8.39 Å². The monoisotopic (exact) mass is 171 g/mol. The summed E-state index contributed by atoms with van der Waals surface area (Å²) >= 11 is -1.05. The average molecular weight is 171 g/mol. The van der Waals surface area contributed by atoms with Crippen LogP contribution in [0.15, 0.2) is 29.2 Å². The first kappa shape index (κ1) is 8.43. The SMILES string of the molecule is COS(=[OH+])c1ccc(C)cc1. The van der Waals surface area contributed by atoms with Crippen molar-refractivity contribution in [2.24, 2.45) is 0 Å². The molecule has 11 heavy (non-hydrogen) atoms. The van der Waals surface area contributed by atoms with E-state index in [2.05, 4.69) is 0 Å². The van der Waals surface area contributed by atoms with Crippen LogP contribution in [-0.2, 0) is 15.3 Å². The summed E-state index contributed by atoms with van der Waals surface area (Å²) in [6, 6.07) is 7.62. The van der Waals surface area contributed by atoms with Crippen molar-refractivity contribution < 1.29 is 8.39 Å². The van der Waals surface area contributed by atoms with Crippen molar-refractivity contribution in [3.8, 4) is 0 Å². The van der Waals surface area contributed by atoms with E-state index in [1.165, 1.54) is 12.7 Å². The van der Waals surface area contributed by atoms with Gasteiger partial charge in [0, 0.05) is 0 Å². The van der Waals surface area contributed by atoms with E-state index in [1.807, 2.05) is 31.2 Å². The number of benzene rings is 1. The number of hydrogen-bond donors (Lipinski definition) is 0. The minimum Gasteiger partial charge on any atom is -0.249 e. The van der Waals surface area contributed by atoms with E-state index in [0.717, 1.165) is 4.90 Å². The second-order valence-corrected chi connectivity index (χ2v) is 3.53. The Bertz CT molecular complexity index is 253. The minimum absolute atomic E-state index is 0.818.